The van der Waals surface area contributed by atoms with Gasteiger partial charge in [-0.25, -0.2) is 0 Å². The van der Waals surface area contributed by atoms with Crippen LogP contribution in [0.3, 0.4) is 0 Å². The molecular weight excluding hydrogens is 454 g/mol. The molecule has 5 amide bonds. The first-order chi connectivity index (χ1) is 16.7. The third kappa shape index (κ3) is 8.99. The van der Waals surface area contributed by atoms with Gasteiger partial charge in [-0.05, 0) is 38.0 Å². The zero-order valence-corrected chi connectivity index (χ0v) is 20.3. The van der Waals surface area contributed by atoms with Gasteiger partial charge in [0.05, 0.1) is 13.1 Å². The van der Waals surface area contributed by atoms with Crippen LogP contribution in [0, 0.1) is 5.92 Å². The first kappa shape index (κ1) is 27.7. The Morgan fingerprint density at radius 2 is 1.74 bits per heavy atom. The summed E-state index contributed by atoms with van der Waals surface area (Å²) in [5.41, 5.74) is 0. The van der Waals surface area contributed by atoms with Gasteiger partial charge in [-0.15, -0.1) is 0 Å². The predicted molar refractivity (Wildman–Crippen MR) is 128 cm³/mol. The molecule has 1 aliphatic heterocycles. The maximum absolute atomic E-state index is 12.5. The van der Waals surface area contributed by atoms with Gasteiger partial charge in [0.15, 0.2) is 0 Å². The van der Waals surface area contributed by atoms with Gasteiger partial charge in [0.1, 0.15) is 6.04 Å². The van der Waals surface area contributed by atoms with E-state index in [4.69, 9.17) is 0 Å². The van der Waals surface area contributed by atoms with E-state index in [0.29, 0.717) is 19.4 Å². The Morgan fingerprint density at radius 1 is 0.971 bits per heavy atom. The van der Waals surface area contributed by atoms with E-state index >= 15 is 0 Å². The molecule has 3 unspecified atom stereocenters. The van der Waals surface area contributed by atoms with E-state index < -0.39 is 48.7 Å². The Kier molecular flexibility index (Phi) is 11.1. The van der Waals surface area contributed by atoms with Crippen LogP contribution in [0.1, 0.15) is 45.4 Å². The summed E-state index contributed by atoms with van der Waals surface area (Å²) in [6.07, 6.45) is 11.7. The summed E-state index contributed by atoms with van der Waals surface area (Å²) in [7, 11) is 1.52. The first-order valence-corrected chi connectivity index (χ1v) is 11.9. The van der Waals surface area contributed by atoms with Crippen molar-refractivity contribution < 1.29 is 28.8 Å². The summed E-state index contributed by atoms with van der Waals surface area (Å²) in [6, 6.07) is -1.11. The summed E-state index contributed by atoms with van der Waals surface area (Å²) >= 11 is 0. The molecule has 4 N–H and O–H groups in total. The van der Waals surface area contributed by atoms with Crippen LogP contribution in [0.25, 0.3) is 0 Å². The van der Waals surface area contributed by atoms with E-state index in [1.54, 1.807) is 0 Å². The third-order valence-corrected chi connectivity index (χ3v) is 6.08. The average Bonchev–Trinajstić information content (AvgIpc) is 3.30. The number of hydrogen-bond donors (Lipinski definition) is 4. The molecule has 2 aliphatic rings. The van der Waals surface area contributed by atoms with E-state index in [-0.39, 0.29) is 24.2 Å². The van der Waals surface area contributed by atoms with Gasteiger partial charge < -0.3 is 26.2 Å². The number of carbonyl (C=O) groups is 6. The van der Waals surface area contributed by atoms with E-state index in [9.17, 15) is 28.8 Å². The van der Waals surface area contributed by atoms with Gasteiger partial charge in [-0.3, -0.25) is 28.8 Å². The van der Waals surface area contributed by atoms with Crippen molar-refractivity contribution in [2.45, 2.75) is 57.5 Å². The number of Topliss-reactive ketones (excluding diaryl/α,β-unsaturated/α-hetero) is 1. The average molecular weight is 490 g/mol. The molecule has 1 aliphatic carbocycles. The van der Waals surface area contributed by atoms with Crippen molar-refractivity contribution in [2.75, 3.05) is 26.7 Å². The van der Waals surface area contributed by atoms with Gasteiger partial charge in [-0.1, -0.05) is 24.3 Å². The lowest BCUT2D eigenvalue weighted by atomic mass is 9.90. The lowest BCUT2D eigenvalue weighted by molar-refractivity contribution is -0.140. The Morgan fingerprint density at radius 3 is 2.46 bits per heavy atom. The summed E-state index contributed by atoms with van der Waals surface area (Å²) in [4.78, 5) is 74.0. The van der Waals surface area contributed by atoms with E-state index in [0.717, 1.165) is 19.3 Å². The molecule has 2 rings (SSSR count). The van der Waals surface area contributed by atoms with Crippen molar-refractivity contribution >= 4 is 35.3 Å². The number of allylic oxidation sites excluding steroid dienone is 3. The lowest BCUT2D eigenvalue weighted by Gasteiger charge is -2.26. The van der Waals surface area contributed by atoms with E-state index in [2.05, 4.69) is 33.4 Å². The van der Waals surface area contributed by atoms with Crippen molar-refractivity contribution in [1.82, 2.24) is 26.2 Å². The van der Waals surface area contributed by atoms with Crippen molar-refractivity contribution in [3.05, 3.63) is 24.3 Å². The molecule has 0 aromatic rings. The van der Waals surface area contributed by atoms with Gasteiger partial charge in [0, 0.05) is 33.0 Å². The maximum Gasteiger partial charge on any atom is 0.289 e. The highest BCUT2D eigenvalue weighted by Gasteiger charge is 2.32. The minimum absolute atomic E-state index is 0.0566. The van der Waals surface area contributed by atoms with Gasteiger partial charge in [0.25, 0.3) is 5.91 Å². The quantitative estimate of drug-likeness (QED) is 0.236. The second-order valence-electron chi connectivity index (χ2n) is 8.62. The first-order valence-electron chi connectivity index (χ1n) is 11.9. The van der Waals surface area contributed by atoms with Crippen molar-refractivity contribution in [3.63, 3.8) is 0 Å². The second-order valence-corrected chi connectivity index (χ2v) is 8.62. The largest absolute Gasteiger partial charge is 0.359 e. The Hall–Kier alpha value is -3.50. The molecule has 0 bridgehead atoms. The Balaban J connectivity index is 1.82. The molecule has 11 nitrogen and oxygen atoms in total. The van der Waals surface area contributed by atoms with Crippen LogP contribution in [0.4, 0.5) is 0 Å². The predicted octanol–water partition coefficient (Wildman–Crippen LogP) is -0.668. The van der Waals surface area contributed by atoms with Crippen LogP contribution in [-0.2, 0) is 28.8 Å². The fourth-order valence-electron chi connectivity index (χ4n) is 4.18. The smallest absolute Gasteiger partial charge is 0.289 e. The van der Waals surface area contributed by atoms with Gasteiger partial charge in [0.2, 0.25) is 29.4 Å². The molecule has 0 spiro atoms. The summed E-state index contributed by atoms with van der Waals surface area (Å²) < 4.78 is 0. The number of nitrogens with one attached hydrogen (secondary N) is 4. The molecule has 0 aromatic carbocycles. The molecule has 0 radical (unpaired) electrons. The maximum atomic E-state index is 12.5. The molecule has 3 atom stereocenters. The normalized spacial score (nSPS) is 22.1. The van der Waals surface area contributed by atoms with Gasteiger partial charge >= 0.3 is 0 Å². The molecule has 192 valence electrons. The van der Waals surface area contributed by atoms with Crippen LogP contribution >= 0.6 is 0 Å². The number of carbonyl (C=O) groups excluding carboxylic acids is 6. The molecule has 1 saturated heterocycles. The Labute approximate surface area is 205 Å². The number of likely N-dealkylation sites (tertiary alicyclic amines) is 1. The number of ketones is 1. The van der Waals surface area contributed by atoms with E-state index in [1.165, 1.54) is 18.9 Å². The highest BCUT2D eigenvalue weighted by Crippen LogP contribution is 2.19. The molecule has 11 heteroatoms. The number of nitrogens with zero attached hydrogens (tertiary/aromatic N) is 1. The number of rotatable bonds is 10. The third-order valence-electron chi connectivity index (χ3n) is 6.08. The van der Waals surface area contributed by atoms with Crippen LogP contribution in [0.15, 0.2) is 24.3 Å². The SMILES string of the molecule is CNC(=O)CC(NC(=O)CNC(=O)C(=O)CNC(=O)C1CCCN1C(C)=O)C1/C=C\C/C=C\CC1. The fraction of sp³-hybridized carbons (Fsp3) is 0.583. The van der Waals surface area contributed by atoms with Crippen LogP contribution in [0.2, 0.25) is 0 Å². The lowest BCUT2D eigenvalue weighted by Crippen LogP contribution is -2.49. The zero-order chi connectivity index (χ0) is 25.8. The monoisotopic (exact) mass is 489 g/mol. The minimum atomic E-state index is -1.01. The zero-order valence-electron chi connectivity index (χ0n) is 20.3. The summed E-state index contributed by atoms with van der Waals surface area (Å²) in [6.45, 7) is 0.873. The molecule has 0 saturated carbocycles. The molecule has 35 heavy (non-hydrogen) atoms. The molecule has 0 aromatic heterocycles. The summed E-state index contributed by atoms with van der Waals surface area (Å²) in [5.74, 6) is -3.43. The second kappa shape index (κ2) is 14.0. The van der Waals surface area contributed by atoms with Crippen molar-refractivity contribution in [1.29, 1.82) is 0 Å². The van der Waals surface area contributed by atoms with Gasteiger partial charge in [-0.2, -0.15) is 0 Å². The minimum Gasteiger partial charge on any atom is -0.359 e. The van der Waals surface area contributed by atoms with Crippen LogP contribution < -0.4 is 21.3 Å². The highest BCUT2D eigenvalue weighted by atomic mass is 16.2. The molecule has 1 heterocycles. The summed E-state index contributed by atoms with van der Waals surface area (Å²) in [5, 5.41) is 9.99. The highest BCUT2D eigenvalue weighted by molar-refractivity contribution is 6.37. The topological polar surface area (TPSA) is 154 Å². The Bertz CT molecular complexity index is 884. The standard InChI is InChI=1S/C24H35N5O6/c1-16(30)29-12-8-11-19(29)23(34)26-14-20(31)24(35)27-15-22(33)28-18(13-21(32)25-2)17-9-6-4-3-5-7-10-17/h3-4,7,10,17-19H,5-6,8-9,11-15H2,1-2H3,(H,25,32)(H,26,34)(H,27,35)(H,28,33)/b4-3-,10-7-. The number of amides is 5. The van der Waals surface area contributed by atoms with Crippen molar-refractivity contribution in [3.8, 4) is 0 Å². The molecular formula is C24H35N5O6. The van der Waals surface area contributed by atoms with Crippen molar-refractivity contribution in [2.24, 2.45) is 5.92 Å². The number of hydrogen-bond acceptors (Lipinski definition) is 6. The fourth-order valence-corrected chi connectivity index (χ4v) is 4.18. The van der Waals surface area contributed by atoms with Crippen LogP contribution in [0.5, 0.6) is 0 Å². The van der Waals surface area contributed by atoms with E-state index in [1.807, 2.05) is 12.2 Å². The molecule has 1 fully saturated rings. The van der Waals surface area contributed by atoms with Crippen LogP contribution in [-0.4, -0.2) is 79.0 Å².